The van der Waals surface area contributed by atoms with E-state index in [1.165, 1.54) is 12.1 Å². The summed E-state index contributed by atoms with van der Waals surface area (Å²) in [6.07, 6.45) is 0.303. The average molecular weight is 368 g/mol. The van der Waals surface area contributed by atoms with Gasteiger partial charge in [-0.25, -0.2) is 4.79 Å². The number of hydrogen-bond acceptors (Lipinski definition) is 5. The maximum absolute atomic E-state index is 12.2. The molecule has 0 radical (unpaired) electrons. The first-order valence-electron chi connectivity index (χ1n) is 8.20. The molecular weight excluding hydrogens is 352 g/mol. The molecule has 138 valence electrons. The first kappa shape index (κ1) is 18.1. The van der Waals surface area contributed by atoms with Crippen molar-refractivity contribution in [3.63, 3.8) is 0 Å². The van der Waals surface area contributed by atoms with Gasteiger partial charge in [0.1, 0.15) is 11.3 Å². The number of carboxylic acid groups (broad SMARTS) is 1. The van der Waals surface area contributed by atoms with Crippen LogP contribution < -0.4 is 5.32 Å². The first-order chi connectivity index (χ1) is 12.9. The fraction of sp³-hybridized carbons (Fsp3) is 0.158. The molecule has 2 aromatic rings. The molecule has 8 heteroatoms. The zero-order valence-corrected chi connectivity index (χ0v) is 14.1. The average Bonchev–Trinajstić information content (AvgIpc) is 2.88. The van der Waals surface area contributed by atoms with Gasteiger partial charge in [0.15, 0.2) is 0 Å². The number of amides is 3. The van der Waals surface area contributed by atoms with Crippen LogP contribution in [0.4, 0.5) is 5.69 Å². The lowest BCUT2D eigenvalue weighted by atomic mass is 10.1. The van der Waals surface area contributed by atoms with Gasteiger partial charge in [0.05, 0.1) is 11.1 Å². The van der Waals surface area contributed by atoms with E-state index in [1.807, 2.05) is 0 Å². The van der Waals surface area contributed by atoms with Crippen molar-refractivity contribution in [1.29, 1.82) is 0 Å². The van der Waals surface area contributed by atoms with Crippen molar-refractivity contribution in [3.05, 3.63) is 59.2 Å². The summed E-state index contributed by atoms with van der Waals surface area (Å²) in [6, 6.07) is 10.3. The third kappa shape index (κ3) is 3.64. The second-order valence-electron chi connectivity index (χ2n) is 6.00. The van der Waals surface area contributed by atoms with Crippen molar-refractivity contribution in [2.24, 2.45) is 0 Å². The van der Waals surface area contributed by atoms with E-state index in [9.17, 15) is 24.3 Å². The number of carbonyl (C=O) groups is 4. The standard InChI is InChI=1S/C19H16N2O6/c22-15-8-7-11(10-14(15)19(26)27)20-16(23)6-3-9-21-17(24)12-4-1-2-5-13(12)18(21)25/h1-2,4-5,7-8,10,22H,3,6,9H2,(H,20,23)(H,26,27). The smallest absolute Gasteiger partial charge is 0.339 e. The first-order valence-corrected chi connectivity index (χ1v) is 8.20. The largest absolute Gasteiger partial charge is 0.507 e. The Morgan fingerprint density at radius 2 is 1.63 bits per heavy atom. The van der Waals surface area contributed by atoms with Crippen molar-refractivity contribution in [1.82, 2.24) is 4.90 Å². The number of nitrogens with one attached hydrogen (secondary N) is 1. The molecule has 1 aliphatic heterocycles. The Kier molecular flexibility index (Phi) is 4.89. The van der Waals surface area contributed by atoms with Crippen LogP contribution in [-0.4, -0.2) is 45.3 Å². The van der Waals surface area contributed by atoms with Crippen molar-refractivity contribution in [2.75, 3.05) is 11.9 Å². The molecule has 3 N–H and O–H groups in total. The molecule has 1 aliphatic rings. The van der Waals surface area contributed by atoms with Crippen LogP contribution >= 0.6 is 0 Å². The third-order valence-corrected chi connectivity index (χ3v) is 4.17. The summed E-state index contributed by atoms with van der Waals surface area (Å²) >= 11 is 0. The van der Waals surface area contributed by atoms with E-state index in [0.29, 0.717) is 11.1 Å². The molecular formula is C19H16N2O6. The zero-order valence-electron chi connectivity index (χ0n) is 14.1. The van der Waals surface area contributed by atoms with Crippen LogP contribution in [0.15, 0.2) is 42.5 Å². The number of nitrogens with zero attached hydrogens (tertiary/aromatic N) is 1. The van der Waals surface area contributed by atoms with E-state index < -0.39 is 17.6 Å². The predicted octanol–water partition coefficient (Wildman–Crippen LogP) is 2.11. The zero-order chi connectivity index (χ0) is 19.6. The Labute approximate surface area is 154 Å². The van der Waals surface area contributed by atoms with Gasteiger partial charge in [0.25, 0.3) is 11.8 Å². The molecule has 0 fully saturated rings. The Hall–Kier alpha value is -3.68. The maximum atomic E-state index is 12.2. The Morgan fingerprint density at radius 1 is 1.00 bits per heavy atom. The number of phenols is 1. The van der Waals surface area contributed by atoms with Crippen LogP contribution in [0.1, 0.15) is 43.9 Å². The van der Waals surface area contributed by atoms with Crippen LogP contribution in [0.2, 0.25) is 0 Å². The summed E-state index contributed by atoms with van der Waals surface area (Å²) in [4.78, 5) is 48.6. The van der Waals surface area contributed by atoms with Crippen molar-refractivity contribution in [2.45, 2.75) is 12.8 Å². The Morgan fingerprint density at radius 3 is 2.22 bits per heavy atom. The van der Waals surface area contributed by atoms with Gasteiger partial charge >= 0.3 is 5.97 Å². The lowest BCUT2D eigenvalue weighted by molar-refractivity contribution is -0.116. The highest BCUT2D eigenvalue weighted by atomic mass is 16.4. The molecule has 0 aromatic heterocycles. The minimum Gasteiger partial charge on any atom is -0.507 e. The number of carboxylic acids is 1. The number of aromatic carboxylic acids is 1. The molecule has 1 heterocycles. The van der Waals surface area contributed by atoms with E-state index in [4.69, 9.17) is 5.11 Å². The van der Waals surface area contributed by atoms with Crippen molar-refractivity contribution in [3.8, 4) is 5.75 Å². The highest BCUT2D eigenvalue weighted by molar-refractivity contribution is 6.21. The molecule has 3 amide bonds. The fourth-order valence-electron chi connectivity index (χ4n) is 2.85. The lowest BCUT2D eigenvalue weighted by Gasteiger charge is -2.13. The van der Waals surface area contributed by atoms with Crippen molar-refractivity contribution >= 4 is 29.4 Å². The number of imide groups is 1. The summed E-state index contributed by atoms with van der Waals surface area (Å²) in [5.74, 6) is -2.85. The van der Waals surface area contributed by atoms with E-state index in [2.05, 4.69) is 5.32 Å². The van der Waals surface area contributed by atoms with Crippen LogP contribution in [0.25, 0.3) is 0 Å². The lowest BCUT2D eigenvalue weighted by Crippen LogP contribution is -2.31. The molecule has 0 unspecified atom stereocenters. The van der Waals surface area contributed by atoms with Gasteiger partial charge in [-0.1, -0.05) is 12.1 Å². The number of rotatable bonds is 6. The second kappa shape index (κ2) is 7.28. The van der Waals surface area contributed by atoms with E-state index >= 15 is 0 Å². The molecule has 0 spiro atoms. The van der Waals surface area contributed by atoms with Gasteiger partial charge in [-0.3, -0.25) is 19.3 Å². The molecule has 0 saturated carbocycles. The number of fused-ring (bicyclic) bond motifs is 1. The fourth-order valence-corrected chi connectivity index (χ4v) is 2.85. The number of anilines is 1. The Bertz CT molecular complexity index is 918. The Balaban J connectivity index is 1.55. The molecule has 0 aliphatic carbocycles. The van der Waals surface area contributed by atoms with E-state index in [1.54, 1.807) is 24.3 Å². The van der Waals surface area contributed by atoms with Crippen LogP contribution in [-0.2, 0) is 4.79 Å². The monoisotopic (exact) mass is 368 g/mol. The quantitative estimate of drug-likeness (QED) is 0.530. The predicted molar refractivity (Wildman–Crippen MR) is 94.7 cm³/mol. The van der Waals surface area contributed by atoms with Gasteiger partial charge < -0.3 is 15.5 Å². The van der Waals surface area contributed by atoms with Gasteiger partial charge in [-0.2, -0.15) is 0 Å². The molecule has 0 saturated heterocycles. The third-order valence-electron chi connectivity index (χ3n) is 4.17. The van der Waals surface area contributed by atoms with Gasteiger partial charge in [-0.15, -0.1) is 0 Å². The van der Waals surface area contributed by atoms with Gasteiger partial charge in [-0.05, 0) is 36.8 Å². The van der Waals surface area contributed by atoms with Crippen LogP contribution in [0, 0.1) is 0 Å². The number of carbonyl (C=O) groups excluding carboxylic acids is 3. The minimum absolute atomic E-state index is 0.0384. The highest BCUT2D eigenvalue weighted by Gasteiger charge is 2.34. The molecule has 2 aromatic carbocycles. The molecule has 3 rings (SSSR count). The van der Waals surface area contributed by atoms with Crippen LogP contribution in [0.3, 0.4) is 0 Å². The highest BCUT2D eigenvalue weighted by Crippen LogP contribution is 2.23. The second-order valence-corrected chi connectivity index (χ2v) is 6.00. The summed E-state index contributed by atoms with van der Waals surface area (Å²) in [5, 5.41) is 21.0. The van der Waals surface area contributed by atoms with Crippen molar-refractivity contribution < 1.29 is 29.4 Å². The number of benzene rings is 2. The number of aromatic hydroxyl groups is 1. The van der Waals surface area contributed by atoms with Gasteiger partial charge in [0.2, 0.25) is 5.91 Å². The molecule has 8 nitrogen and oxygen atoms in total. The SMILES string of the molecule is O=C(CCCN1C(=O)c2ccccc2C1=O)Nc1ccc(O)c(C(=O)O)c1. The minimum atomic E-state index is -1.31. The maximum Gasteiger partial charge on any atom is 0.339 e. The normalized spacial score (nSPS) is 12.8. The summed E-state index contributed by atoms with van der Waals surface area (Å²) in [5.41, 5.74) is 0.629. The van der Waals surface area contributed by atoms with Gasteiger partial charge in [0, 0.05) is 18.7 Å². The molecule has 27 heavy (non-hydrogen) atoms. The van der Waals surface area contributed by atoms with Crippen LogP contribution in [0.5, 0.6) is 5.75 Å². The van der Waals surface area contributed by atoms with E-state index in [-0.39, 0.29) is 42.5 Å². The topological polar surface area (TPSA) is 124 Å². The number of hydrogen-bond donors (Lipinski definition) is 3. The summed E-state index contributed by atoms with van der Waals surface area (Å²) in [7, 11) is 0. The summed E-state index contributed by atoms with van der Waals surface area (Å²) in [6.45, 7) is 0.107. The molecule has 0 atom stereocenters. The molecule has 0 bridgehead atoms. The summed E-state index contributed by atoms with van der Waals surface area (Å²) < 4.78 is 0. The van der Waals surface area contributed by atoms with E-state index in [0.717, 1.165) is 11.0 Å².